The Balaban J connectivity index is 1.49. The fourth-order valence-electron chi connectivity index (χ4n) is 4.30. The molecule has 0 saturated carbocycles. The van der Waals surface area contributed by atoms with Crippen molar-refractivity contribution in [3.8, 4) is 0 Å². The smallest absolute Gasteiger partial charge is 0.0520 e. The maximum atomic E-state index is 3.72. The van der Waals surface area contributed by atoms with E-state index in [1.54, 1.807) is 0 Å². The lowest BCUT2D eigenvalue weighted by atomic mass is 10.0. The molecule has 0 aromatic heterocycles. The van der Waals surface area contributed by atoms with Gasteiger partial charge in [0.1, 0.15) is 0 Å². The third-order valence-electron chi connectivity index (χ3n) is 5.70. The standard InChI is InChI=1S/C22H29N3/c1-24-13-7-10-19-16-20(11-12-21(19)24)23-17-22(25-14-5-6-15-25)18-8-3-2-4-9-18/h2-4,8-9,11-12,16,22-23H,5-7,10,13-15,17H2,1H3. The Bertz CT molecular complexity index is 692. The maximum Gasteiger partial charge on any atom is 0.0520 e. The van der Waals surface area contributed by atoms with Crippen LogP contribution < -0.4 is 10.2 Å². The molecule has 0 spiro atoms. The lowest BCUT2D eigenvalue weighted by molar-refractivity contribution is 0.256. The van der Waals surface area contributed by atoms with Crippen molar-refractivity contribution in [3.05, 3.63) is 59.7 Å². The molecule has 2 aliphatic heterocycles. The number of nitrogens with zero attached hydrogens (tertiary/aromatic N) is 2. The van der Waals surface area contributed by atoms with Crippen molar-refractivity contribution in [1.29, 1.82) is 0 Å². The normalized spacial score (nSPS) is 18.8. The highest BCUT2D eigenvalue weighted by atomic mass is 15.2. The van der Waals surface area contributed by atoms with E-state index in [4.69, 9.17) is 0 Å². The van der Waals surface area contributed by atoms with E-state index in [0.29, 0.717) is 6.04 Å². The molecule has 1 unspecified atom stereocenters. The molecule has 2 aromatic carbocycles. The molecule has 1 saturated heterocycles. The zero-order chi connectivity index (χ0) is 17.1. The number of nitrogens with one attached hydrogen (secondary N) is 1. The number of anilines is 2. The first-order chi connectivity index (χ1) is 12.3. The van der Waals surface area contributed by atoms with Crippen LogP contribution in [0.25, 0.3) is 0 Å². The first-order valence-corrected chi connectivity index (χ1v) is 9.68. The van der Waals surface area contributed by atoms with Crippen molar-refractivity contribution >= 4 is 11.4 Å². The molecule has 0 aliphatic carbocycles. The van der Waals surface area contributed by atoms with E-state index in [9.17, 15) is 0 Å². The van der Waals surface area contributed by atoms with Crippen molar-refractivity contribution in [2.75, 3.05) is 43.4 Å². The predicted octanol–water partition coefficient (Wildman–Crippen LogP) is 4.32. The fraction of sp³-hybridized carbons (Fsp3) is 0.455. The van der Waals surface area contributed by atoms with E-state index in [1.807, 2.05) is 0 Å². The summed E-state index contributed by atoms with van der Waals surface area (Å²) in [6.07, 6.45) is 5.11. The Labute approximate surface area is 151 Å². The Kier molecular flexibility index (Phi) is 4.93. The molecular formula is C22H29N3. The zero-order valence-electron chi connectivity index (χ0n) is 15.2. The predicted molar refractivity (Wildman–Crippen MR) is 107 cm³/mol. The first-order valence-electron chi connectivity index (χ1n) is 9.68. The molecule has 1 fully saturated rings. The van der Waals surface area contributed by atoms with Gasteiger partial charge in [0.2, 0.25) is 0 Å². The summed E-state index contributed by atoms with van der Waals surface area (Å²) in [7, 11) is 2.20. The van der Waals surface area contributed by atoms with Crippen molar-refractivity contribution in [2.45, 2.75) is 31.7 Å². The Morgan fingerprint density at radius 2 is 1.76 bits per heavy atom. The van der Waals surface area contributed by atoms with E-state index >= 15 is 0 Å². The Morgan fingerprint density at radius 3 is 2.56 bits per heavy atom. The van der Waals surface area contributed by atoms with Crippen molar-refractivity contribution in [2.24, 2.45) is 0 Å². The zero-order valence-corrected chi connectivity index (χ0v) is 15.2. The van der Waals surface area contributed by atoms with Crippen LogP contribution in [0.3, 0.4) is 0 Å². The van der Waals surface area contributed by atoms with Crippen LogP contribution in [0.2, 0.25) is 0 Å². The van der Waals surface area contributed by atoms with Gasteiger partial charge in [-0.25, -0.2) is 0 Å². The average Bonchev–Trinajstić information content (AvgIpc) is 3.17. The van der Waals surface area contributed by atoms with Crippen LogP contribution in [-0.4, -0.2) is 38.1 Å². The molecule has 4 rings (SSSR count). The van der Waals surface area contributed by atoms with Crippen molar-refractivity contribution in [3.63, 3.8) is 0 Å². The molecule has 3 heteroatoms. The van der Waals surface area contributed by atoms with Gasteiger partial charge in [0, 0.05) is 31.5 Å². The number of hydrogen-bond donors (Lipinski definition) is 1. The molecule has 1 N–H and O–H groups in total. The highest BCUT2D eigenvalue weighted by Crippen LogP contribution is 2.30. The molecule has 0 amide bonds. The second kappa shape index (κ2) is 7.49. The number of rotatable bonds is 5. The van der Waals surface area contributed by atoms with E-state index in [-0.39, 0.29) is 0 Å². The lowest BCUT2D eigenvalue weighted by Crippen LogP contribution is -2.31. The summed E-state index contributed by atoms with van der Waals surface area (Å²) in [4.78, 5) is 5.01. The molecule has 2 heterocycles. The Morgan fingerprint density at radius 1 is 0.960 bits per heavy atom. The van der Waals surface area contributed by atoms with Gasteiger partial charge < -0.3 is 10.2 Å². The quantitative estimate of drug-likeness (QED) is 0.878. The molecule has 2 aromatic rings. The summed E-state index contributed by atoms with van der Waals surface area (Å²) in [5.74, 6) is 0. The molecule has 0 bridgehead atoms. The SMILES string of the molecule is CN1CCCc2cc(NCC(c3ccccc3)N3CCCC3)ccc21. The molecular weight excluding hydrogens is 306 g/mol. The summed E-state index contributed by atoms with van der Waals surface area (Å²) >= 11 is 0. The van der Waals surface area contributed by atoms with Gasteiger partial charge in [0.05, 0.1) is 6.04 Å². The summed E-state index contributed by atoms with van der Waals surface area (Å²) < 4.78 is 0. The van der Waals surface area contributed by atoms with E-state index < -0.39 is 0 Å². The van der Waals surface area contributed by atoms with Gasteiger partial charge in [0.15, 0.2) is 0 Å². The molecule has 2 aliphatic rings. The number of hydrogen-bond acceptors (Lipinski definition) is 3. The minimum Gasteiger partial charge on any atom is -0.383 e. The fourth-order valence-corrected chi connectivity index (χ4v) is 4.30. The van der Waals surface area contributed by atoms with E-state index in [1.165, 1.54) is 67.8 Å². The maximum absolute atomic E-state index is 3.72. The van der Waals surface area contributed by atoms with Crippen molar-refractivity contribution < 1.29 is 0 Å². The highest BCUT2D eigenvalue weighted by molar-refractivity contribution is 5.62. The molecule has 132 valence electrons. The van der Waals surface area contributed by atoms with Crippen LogP contribution in [0.1, 0.15) is 36.4 Å². The second-order valence-electron chi connectivity index (χ2n) is 7.42. The van der Waals surface area contributed by atoms with Crippen LogP contribution in [-0.2, 0) is 6.42 Å². The van der Waals surface area contributed by atoms with Crippen LogP contribution in [0.5, 0.6) is 0 Å². The number of likely N-dealkylation sites (tertiary alicyclic amines) is 1. The molecule has 1 atom stereocenters. The molecule has 0 radical (unpaired) electrons. The van der Waals surface area contributed by atoms with Crippen LogP contribution >= 0.6 is 0 Å². The van der Waals surface area contributed by atoms with E-state index in [2.05, 4.69) is 70.7 Å². The Hall–Kier alpha value is -2.00. The van der Waals surface area contributed by atoms with Gasteiger partial charge in [-0.15, -0.1) is 0 Å². The molecule has 25 heavy (non-hydrogen) atoms. The lowest BCUT2D eigenvalue weighted by Gasteiger charge is -2.30. The summed E-state index contributed by atoms with van der Waals surface area (Å²) in [5, 5.41) is 3.72. The molecule has 3 nitrogen and oxygen atoms in total. The van der Waals surface area contributed by atoms with Gasteiger partial charge in [-0.1, -0.05) is 30.3 Å². The topological polar surface area (TPSA) is 18.5 Å². The van der Waals surface area contributed by atoms with Gasteiger partial charge in [-0.3, -0.25) is 4.90 Å². The third-order valence-corrected chi connectivity index (χ3v) is 5.70. The minimum absolute atomic E-state index is 0.461. The summed E-state index contributed by atoms with van der Waals surface area (Å²) in [6.45, 7) is 4.58. The summed E-state index contributed by atoms with van der Waals surface area (Å²) in [5.41, 5.74) is 5.57. The highest BCUT2D eigenvalue weighted by Gasteiger charge is 2.23. The number of aryl methyl sites for hydroxylation is 1. The van der Waals surface area contributed by atoms with Crippen molar-refractivity contribution in [1.82, 2.24) is 4.90 Å². The first kappa shape index (κ1) is 16.5. The number of benzene rings is 2. The number of fused-ring (bicyclic) bond motifs is 1. The van der Waals surface area contributed by atoms with Crippen LogP contribution in [0, 0.1) is 0 Å². The van der Waals surface area contributed by atoms with E-state index in [0.717, 1.165) is 6.54 Å². The van der Waals surface area contributed by atoms with Gasteiger partial charge in [0.25, 0.3) is 0 Å². The minimum atomic E-state index is 0.461. The third kappa shape index (κ3) is 3.67. The monoisotopic (exact) mass is 335 g/mol. The van der Waals surface area contributed by atoms with Gasteiger partial charge >= 0.3 is 0 Å². The van der Waals surface area contributed by atoms with Crippen LogP contribution in [0.15, 0.2) is 48.5 Å². The second-order valence-corrected chi connectivity index (χ2v) is 7.42. The van der Waals surface area contributed by atoms with Gasteiger partial charge in [-0.05, 0) is 68.1 Å². The van der Waals surface area contributed by atoms with Crippen LogP contribution in [0.4, 0.5) is 11.4 Å². The average molecular weight is 335 g/mol. The summed E-state index contributed by atoms with van der Waals surface area (Å²) in [6, 6.07) is 18.3. The van der Waals surface area contributed by atoms with Gasteiger partial charge in [-0.2, -0.15) is 0 Å². The largest absolute Gasteiger partial charge is 0.383 e.